The van der Waals surface area contributed by atoms with E-state index in [-0.39, 0.29) is 24.9 Å². The third-order valence-electron chi connectivity index (χ3n) is 5.45. The van der Waals surface area contributed by atoms with E-state index in [9.17, 15) is 17.6 Å². The molecule has 0 radical (unpaired) electrons. The zero-order valence-electron chi connectivity index (χ0n) is 17.8. The number of hydrogen-bond acceptors (Lipinski definition) is 3. The lowest BCUT2D eigenvalue weighted by Gasteiger charge is -2.30. The Kier molecular flexibility index (Phi) is 7.81. The van der Waals surface area contributed by atoms with Crippen molar-refractivity contribution in [2.75, 3.05) is 19.8 Å². The summed E-state index contributed by atoms with van der Waals surface area (Å²) in [5, 5.41) is 0. The van der Waals surface area contributed by atoms with Gasteiger partial charge in [0, 0.05) is 5.92 Å². The van der Waals surface area contributed by atoms with Crippen molar-refractivity contribution in [3.63, 3.8) is 0 Å². The Labute approximate surface area is 180 Å². The van der Waals surface area contributed by atoms with Gasteiger partial charge in [0.2, 0.25) is 0 Å². The van der Waals surface area contributed by atoms with E-state index in [4.69, 9.17) is 14.2 Å². The largest absolute Gasteiger partial charge is 0.494 e. The molecule has 2 aromatic carbocycles. The van der Waals surface area contributed by atoms with Crippen LogP contribution >= 0.6 is 0 Å². The average Bonchev–Trinajstić information content (AvgIpc) is 2.74. The number of halogens is 4. The fourth-order valence-corrected chi connectivity index (χ4v) is 3.81. The smallest absolute Gasteiger partial charge is 0.422 e. The first-order chi connectivity index (χ1) is 14.8. The number of rotatable bonds is 8. The van der Waals surface area contributed by atoms with Gasteiger partial charge in [-0.2, -0.15) is 13.2 Å². The molecule has 0 aromatic heterocycles. The second kappa shape index (κ2) is 10.4. The lowest BCUT2D eigenvalue weighted by atomic mass is 9.88. The summed E-state index contributed by atoms with van der Waals surface area (Å²) in [5.74, 6) is -1.38. The van der Waals surface area contributed by atoms with Crippen molar-refractivity contribution in [2.45, 2.75) is 57.7 Å². The Hall–Kier alpha value is -2.28. The fourth-order valence-electron chi connectivity index (χ4n) is 3.81. The highest BCUT2D eigenvalue weighted by atomic mass is 19.4. The highest BCUT2D eigenvalue weighted by Crippen LogP contribution is 2.43. The lowest BCUT2D eigenvalue weighted by molar-refractivity contribution is -0.141. The van der Waals surface area contributed by atoms with E-state index in [1.54, 1.807) is 0 Å². The Morgan fingerprint density at radius 3 is 2.32 bits per heavy atom. The summed E-state index contributed by atoms with van der Waals surface area (Å²) >= 11 is 0. The van der Waals surface area contributed by atoms with Crippen molar-refractivity contribution in [3.8, 4) is 11.5 Å². The first-order valence-electron chi connectivity index (χ1n) is 10.7. The van der Waals surface area contributed by atoms with Gasteiger partial charge in [0.05, 0.1) is 25.9 Å². The van der Waals surface area contributed by atoms with Gasteiger partial charge in [-0.15, -0.1) is 0 Å². The van der Waals surface area contributed by atoms with Gasteiger partial charge in [-0.1, -0.05) is 31.5 Å². The summed E-state index contributed by atoms with van der Waals surface area (Å²) < 4.78 is 72.3. The van der Waals surface area contributed by atoms with Crippen molar-refractivity contribution >= 4 is 0 Å². The third-order valence-corrected chi connectivity index (χ3v) is 5.45. The number of ether oxygens (including phenoxy) is 3. The SMILES string of the molecule is CCCCOc1ccc(C2CCC(c3ccc(OCC)cc3)OC2)c(F)c1C(F)(F)F. The van der Waals surface area contributed by atoms with Crippen LogP contribution in [0.4, 0.5) is 17.6 Å². The summed E-state index contributed by atoms with van der Waals surface area (Å²) in [6, 6.07) is 10.2. The zero-order chi connectivity index (χ0) is 22.4. The van der Waals surface area contributed by atoms with Gasteiger partial charge in [-0.05, 0) is 55.5 Å². The minimum absolute atomic E-state index is 0.0281. The molecule has 31 heavy (non-hydrogen) atoms. The predicted octanol–water partition coefficient (Wildman–Crippen LogP) is 7.06. The maximum absolute atomic E-state index is 15.0. The van der Waals surface area contributed by atoms with E-state index in [0.29, 0.717) is 25.9 Å². The van der Waals surface area contributed by atoms with Gasteiger partial charge in [-0.25, -0.2) is 4.39 Å². The molecule has 0 spiro atoms. The van der Waals surface area contributed by atoms with Crippen molar-refractivity contribution in [2.24, 2.45) is 0 Å². The second-order valence-electron chi connectivity index (χ2n) is 7.64. The molecule has 7 heteroatoms. The van der Waals surface area contributed by atoms with Crippen LogP contribution in [-0.4, -0.2) is 19.8 Å². The molecule has 3 rings (SSSR count). The van der Waals surface area contributed by atoms with Gasteiger partial charge in [0.15, 0.2) is 0 Å². The summed E-state index contributed by atoms with van der Waals surface area (Å²) in [5.41, 5.74) is -0.326. The van der Waals surface area contributed by atoms with Crippen molar-refractivity contribution in [1.29, 1.82) is 0 Å². The molecular weight excluding hydrogens is 412 g/mol. The van der Waals surface area contributed by atoms with Crippen molar-refractivity contribution < 1.29 is 31.8 Å². The van der Waals surface area contributed by atoms with Gasteiger partial charge in [0.25, 0.3) is 0 Å². The Bertz CT molecular complexity index is 841. The van der Waals surface area contributed by atoms with E-state index < -0.39 is 29.2 Å². The molecule has 1 aliphatic heterocycles. The molecule has 170 valence electrons. The van der Waals surface area contributed by atoms with Crippen molar-refractivity contribution in [3.05, 3.63) is 58.9 Å². The monoisotopic (exact) mass is 440 g/mol. The molecule has 1 aliphatic rings. The molecule has 1 heterocycles. The van der Waals surface area contributed by atoms with E-state index in [1.165, 1.54) is 12.1 Å². The van der Waals surface area contributed by atoms with Crippen LogP contribution in [0.3, 0.4) is 0 Å². The molecule has 1 fully saturated rings. The molecule has 0 bridgehead atoms. The zero-order valence-corrected chi connectivity index (χ0v) is 17.8. The molecule has 3 nitrogen and oxygen atoms in total. The standard InChI is InChI=1S/C24H28F4O3/c1-3-5-14-30-21-13-11-19(23(25)22(21)24(26,27)28)17-8-12-20(31-15-17)16-6-9-18(10-7-16)29-4-2/h6-7,9-11,13,17,20H,3-5,8,12,14-15H2,1-2H3. The molecule has 2 unspecified atom stereocenters. The van der Waals surface area contributed by atoms with Crippen LogP contribution in [0.5, 0.6) is 11.5 Å². The summed E-state index contributed by atoms with van der Waals surface area (Å²) in [4.78, 5) is 0. The van der Waals surface area contributed by atoms with Crippen LogP contribution < -0.4 is 9.47 Å². The van der Waals surface area contributed by atoms with Crippen LogP contribution in [0.1, 0.15) is 68.2 Å². The van der Waals surface area contributed by atoms with Crippen LogP contribution in [-0.2, 0) is 10.9 Å². The van der Waals surface area contributed by atoms with Crippen LogP contribution in [0.25, 0.3) is 0 Å². The Morgan fingerprint density at radius 1 is 1.00 bits per heavy atom. The predicted molar refractivity (Wildman–Crippen MR) is 110 cm³/mol. The van der Waals surface area contributed by atoms with Crippen LogP contribution in [0.15, 0.2) is 36.4 Å². The summed E-state index contributed by atoms with van der Waals surface area (Å²) in [6.45, 7) is 4.67. The van der Waals surface area contributed by atoms with E-state index in [0.717, 1.165) is 17.7 Å². The second-order valence-corrected chi connectivity index (χ2v) is 7.64. The van der Waals surface area contributed by atoms with Gasteiger partial charge in [0.1, 0.15) is 22.9 Å². The maximum atomic E-state index is 15.0. The maximum Gasteiger partial charge on any atom is 0.422 e. The first-order valence-corrected chi connectivity index (χ1v) is 10.7. The molecular formula is C24H28F4O3. The van der Waals surface area contributed by atoms with Gasteiger partial charge >= 0.3 is 6.18 Å². The highest BCUT2D eigenvalue weighted by Gasteiger charge is 2.40. The van der Waals surface area contributed by atoms with Crippen molar-refractivity contribution in [1.82, 2.24) is 0 Å². The van der Waals surface area contributed by atoms with Crippen LogP contribution in [0.2, 0.25) is 0 Å². The first kappa shape index (κ1) is 23.4. The quantitative estimate of drug-likeness (QED) is 0.325. The number of benzene rings is 2. The minimum atomic E-state index is -4.83. The summed E-state index contributed by atoms with van der Waals surface area (Å²) in [6.07, 6.45) is -2.51. The number of hydrogen-bond donors (Lipinski definition) is 0. The van der Waals surface area contributed by atoms with Gasteiger partial charge < -0.3 is 14.2 Å². The molecule has 0 aliphatic carbocycles. The summed E-state index contributed by atoms with van der Waals surface area (Å²) in [7, 11) is 0. The van der Waals surface area contributed by atoms with E-state index >= 15 is 0 Å². The topological polar surface area (TPSA) is 27.7 Å². The normalized spacial score (nSPS) is 19.3. The molecule has 2 aromatic rings. The Morgan fingerprint density at radius 2 is 1.74 bits per heavy atom. The number of alkyl halides is 3. The number of unbranched alkanes of at least 4 members (excludes halogenated alkanes) is 1. The minimum Gasteiger partial charge on any atom is -0.494 e. The van der Waals surface area contributed by atoms with E-state index in [1.807, 2.05) is 38.1 Å². The molecule has 0 N–H and O–H groups in total. The average molecular weight is 440 g/mol. The Balaban J connectivity index is 1.73. The highest BCUT2D eigenvalue weighted by molar-refractivity contribution is 5.42. The van der Waals surface area contributed by atoms with E-state index in [2.05, 4.69) is 0 Å². The molecule has 0 amide bonds. The molecule has 0 saturated carbocycles. The molecule has 1 saturated heterocycles. The molecule has 2 atom stereocenters. The van der Waals surface area contributed by atoms with Crippen LogP contribution in [0, 0.1) is 5.82 Å². The fraction of sp³-hybridized carbons (Fsp3) is 0.500. The van der Waals surface area contributed by atoms with Gasteiger partial charge in [-0.3, -0.25) is 0 Å². The third kappa shape index (κ3) is 5.70. The lowest BCUT2D eigenvalue weighted by Crippen LogP contribution is -2.22.